The maximum absolute atomic E-state index is 6.42. The van der Waals surface area contributed by atoms with Gasteiger partial charge < -0.3 is 4.74 Å². The van der Waals surface area contributed by atoms with E-state index in [1.165, 1.54) is 22.9 Å². The summed E-state index contributed by atoms with van der Waals surface area (Å²) in [5.41, 5.74) is 4.35. The van der Waals surface area contributed by atoms with Gasteiger partial charge in [0.05, 0.1) is 17.9 Å². The summed E-state index contributed by atoms with van der Waals surface area (Å²) in [5, 5.41) is 1.26. The van der Waals surface area contributed by atoms with Gasteiger partial charge in [-0.1, -0.05) is 52.3 Å². The zero-order chi connectivity index (χ0) is 16.9. The molecule has 2 aromatic rings. The van der Waals surface area contributed by atoms with Gasteiger partial charge in [0.15, 0.2) is 5.16 Å². The topological polar surface area (TPSA) is 35.0 Å². The SMILES string of the molecule is CSc1nc(Cl)c2c(n1)CC1(CCC(C)c3ccc(Br)cc31)OC2. The molecule has 6 heteroatoms. The summed E-state index contributed by atoms with van der Waals surface area (Å²) in [6.45, 7) is 2.77. The van der Waals surface area contributed by atoms with E-state index in [2.05, 4.69) is 46.0 Å². The van der Waals surface area contributed by atoms with Crippen LogP contribution in [0.2, 0.25) is 5.15 Å². The largest absolute Gasteiger partial charge is 0.365 e. The zero-order valence-electron chi connectivity index (χ0n) is 13.6. The molecule has 1 aromatic heterocycles. The molecule has 0 saturated heterocycles. The highest BCUT2D eigenvalue weighted by atomic mass is 79.9. The minimum Gasteiger partial charge on any atom is -0.365 e. The monoisotopic (exact) mass is 424 g/mol. The van der Waals surface area contributed by atoms with E-state index in [-0.39, 0.29) is 5.60 Å². The van der Waals surface area contributed by atoms with Crippen molar-refractivity contribution in [1.82, 2.24) is 9.97 Å². The van der Waals surface area contributed by atoms with E-state index >= 15 is 0 Å². The second kappa shape index (κ2) is 6.27. The van der Waals surface area contributed by atoms with Crippen LogP contribution in [0.4, 0.5) is 0 Å². The summed E-state index contributed by atoms with van der Waals surface area (Å²) in [6.07, 6.45) is 4.86. The lowest BCUT2D eigenvalue weighted by molar-refractivity contribution is -0.0874. The number of rotatable bonds is 1. The number of thioether (sulfide) groups is 1. The van der Waals surface area contributed by atoms with Crippen molar-refractivity contribution in [1.29, 1.82) is 0 Å². The highest BCUT2D eigenvalue weighted by Crippen LogP contribution is 2.49. The molecule has 2 heterocycles. The van der Waals surface area contributed by atoms with Crippen LogP contribution in [0.25, 0.3) is 0 Å². The molecule has 4 rings (SSSR count). The number of halogens is 2. The highest BCUT2D eigenvalue weighted by molar-refractivity contribution is 9.10. The van der Waals surface area contributed by atoms with Gasteiger partial charge in [0.25, 0.3) is 0 Å². The lowest BCUT2D eigenvalue weighted by atomic mass is 9.71. The first-order valence-corrected chi connectivity index (χ1v) is 10.4. The van der Waals surface area contributed by atoms with E-state index in [0.717, 1.165) is 40.1 Å². The van der Waals surface area contributed by atoms with Crippen molar-refractivity contribution in [3.63, 3.8) is 0 Å². The Labute approximate surface area is 159 Å². The molecule has 2 atom stereocenters. The standard InChI is InChI=1S/C18H18BrClN2OS/c1-10-5-6-18(14-7-11(19)3-4-12(10)14)8-15-13(9-23-18)16(20)22-17(21-15)24-2/h3-4,7,10H,5-6,8-9H2,1-2H3. The van der Waals surface area contributed by atoms with Crippen molar-refractivity contribution in [3.05, 3.63) is 50.2 Å². The molecule has 1 aliphatic carbocycles. The van der Waals surface area contributed by atoms with Crippen LogP contribution in [0.3, 0.4) is 0 Å². The van der Waals surface area contributed by atoms with E-state index in [4.69, 9.17) is 21.3 Å². The molecule has 0 fully saturated rings. The molecule has 2 aliphatic rings. The van der Waals surface area contributed by atoms with Gasteiger partial charge in [0.1, 0.15) is 5.15 Å². The Hall–Kier alpha value is -0.620. The van der Waals surface area contributed by atoms with Crippen LogP contribution < -0.4 is 0 Å². The van der Waals surface area contributed by atoms with Crippen LogP contribution in [-0.4, -0.2) is 16.2 Å². The fourth-order valence-corrected chi connectivity index (χ4v) is 4.86. The molecule has 24 heavy (non-hydrogen) atoms. The number of benzene rings is 1. The molecule has 2 unspecified atom stereocenters. The predicted octanol–water partition coefficient (Wildman–Crippen LogP) is 5.48. The van der Waals surface area contributed by atoms with Gasteiger partial charge in [-0.15, -0.1) is 0 Å². The minimum absolute atomic E-state index is 0.300. The third kappa shape index (κ3) is 2.70. The van der Waals surface area contributed by atoms with Gasteiger partial charge in [-0.05, 0) is 48.3 Å². The summed E-state index contributed by atoms with van der Waals surface area (Å²) in [5.74, 6) is 0.555. The van der Waals surface area contributed by atoms with Crippen LogP contribution in [0, 0.1) is 0 Å². The number of hydrogen-bond acceptors (Lipinski definition) is 4. The van der Waals surface area contributed by atoms with Gasteiger partial charge in [-0.25, -0.2) is 9.97 Å². The summed E-state index contributed by atoms with van der Waals surface area (Å²) in [7, 11) is 0. The van der Waals surface area contributed by atoms with E-state index < -0.39 is 0 Å². The Balaban J connectivity index is 1.83. The van der Waals surface area contributed by atoms with Crippen molar-refractivity contribution in [3.8, 4) is 0 Å². The van der Waals surface area contributed by atoms with Gasteiger partial charge in [-0.3, -0.25) is 0 Å². The third-order valence-corrected chi connectivity index (χ3v) is 6.52. The lowest BCUT2D eigenvalue weighted by Gasteiger charge is -2.44. The molecule has 0 bridgehead atoms. The van der Waals surface area contributed by atoms with Crippen molar-refractivity contribution >= 4 is 39.3 Å². The molecular weight excluding hydrogens is 408 g/mol. The van der Waals surface area contributed by atoms with Crippen LogP contribution in [0.15, 0.2) is 27.8 Å². The van der Waals surface area contributed by atoms with E-state index in [1.807, 2.05) is 6.26 Å². The van der Waals surface area contributed by atoms with Gasteiger partial charge in [0, 0.05) is 16.5 Å². The summed E-state index contributed by atoms with van der Waals surface area (Å²) in [4.78, 5) is 9.07. The van der Waals surface area contributed by atoms with Crippen LogP contribution in [0.1, 0.15) is 48.1 Å². The summed E-state index contributed by atoms with van der Waals surface area (Å²) >= 11 is 11.5. The quantitative estimate of drug-likeness (QED) is 0.344. The number of fused-ring (bicyclic) bond motifs is 3. The first kappa shape index (κ1) is 16.8. The summed E-state index contributed by atoms with van der Waals surface area (Å²) in [6, 6.07) is 6.56. The highest BCUT2D eigenvalue weighted by Gasteiger charge is 2.43. The number of hydrogen-bond donors (Lipinski definition) is 0. The first-order chi connectivity index (χ1) is 11.5. The van der Waals surface area contributed by atoms with Crippen molar-refractivity contribution in [2.75, 3.05) is 6.26 Å². The van der Waals surface area contributed by atoms with Crippen LogP contribution >= 0.6 is 39.3 Å². The zero-order valence-corrected chi connectivity index (χ0v) is 16.8. The molecule has 3 nitrogen and oxygen atoms in total. The second-order valence-corrected chi connectivity index (χ2v) is 8.60. The molecule has 0 N–H and O–H groups in total. The average Bonchev–Trinajstić information content (AvgIpc) is 2.58. The number of nitrogens with zero attached hydrogens (tertiary/aromatic N) is 2. The molecule has 1 aliphatic heterocycles. The Morgan fingerprint density at radius 2 is 2.21 bits per heavy atom. The molecule has 0 radical (unpaired) electrons. The fraction of sp³-hybridized carbons (Fsp3) is 0.444. The molecule has 126 valence electrons. The van der Waals surface area contributed by atoms with Crippen LogP contribution in [0.5, 0.6) is 0 Å². The van der Waals surface area contributed by atoms with Crippen LogP contribution in [-0.2, 0) is 23.4 Å². The fourth-order valence-electron chi connectivity index (χ4n) is 3.82. The smallest absolute Gasteiger partial charge is 0.188 e. The number of ether oxygens (including phenoxy) is 1. The molecular formula is C18H18BrClN2OS. The Bertz CT molecular complexity index is 816. The van der Waals surface area contributed by atoms with Crippen molar-refractivity contribution in [2.24, 2.45) is 0 Å². The Morgan fingerprint density at radius 1 is 1.38 bits per heavy atom. The minimum atomic E-state index is -0.300. The van der Waals surface area contributed by atoms with Gasteiger partial charge >= 0.3 is 0 Å². The maximum atomic E-state index is 6.42. The van der Waals surface area contributed by atoms with Crippen molar-refractivity contribution < 1.29 is 4.74 Å². The van der Waals surface area contributed by atoms with Crippen molar-refractivity contribution in [2.45, 2.75) is 49.5 Å². The average molecular weight is 426 g/mol. The number of aromatic nitrogens is 2. The normalized spacial score (nSPS) is 25.4. The van der Waals surface area contributed by atoms with E-state index in [9.17, 15) is 0 Å². The molecule has 0 amide bonds. The van der Waals surface area contributed by atoms with Gasteiger partial charge in [-0.2, -0.15) is 0 Å². The second-order valence-electron chi connectivity index (χ2n) is 6.56. The van der Waals surface area contributed by atoms with Gasteiger partial charge in [0.2, 0.25) is 0 Å². The first-order valence-electron chi connectivity index (χ1n) is 8.05. The maximum Gasteiger partial charge on any atom is 0.188 e. The van der Waals surface area contributed by atoms with E-state index in [0.29, 0.717) is 17.7 Å². The lowest BCUT2D eigenvalue weighted by Crippen LogP contribution is -2.40. The molecule has 1 aromatic carbocycles. The Kier molecular flexibility index (Phi) is 4.40. The summed E-state index contributed by atoms with van der Waals surface area (Å²) < 4.78 is 7.52. The predicted molar refractivity (Wildman–Crippen MR) is 101 cm³/mol. The van der Waals surface area contributed by atoms with E-state index in [1.54, 1.807) is 0 Å². The molecule has 1 spiro atoms. The third-order valence-electron chi connectivity index (χ3n) is 5.17. The molecule has 0 saturated carbocycles. The Morgan fingerprint density at radius 3 is 3.00 bits per heavy atom.